The van der Waals surface area contributed by atoms with Crippen LogP contribution in [0.4, 0.5) is 0 Å². The molecule has 0 bridgehead atoms. The molecular weight excluding hydrogens is 176 g/mol. The van der Waals surface area contributed by atoms with Crippen LogP contribution in [-0.2, 0) is 0 Å². The van der Waals surface area contributed by atoms with Crippen LogP contribution in [0.15, 0.2) is 23.0 Å². The summed E-state index contributed by atoms with van der Waals surface area (Å²) in [5.41, 5.74) is -1.22. The molecule has 13 heavy (non-hydrogen) atoms. The molecule has 0 aliphatic rings. The van der Waals surface area contributed by atoms with Gasteiger partial charge in [-0.1, -0.05) is 0 Å². The highest BCUT2D eigenvalue weighted by atomic mass is 16.4. The Balaban J connectivity index is 3.53. The van der Waals surface area contributed by atoms with E-state index in [1.807, 2.05) is 0 Å². The molecule has 0 aromatic heterocycles. The molecule has 5 heteroatoms. The molecule has 0 atom stereocenters. The van der Waals surface area contributed by atoms with Gasteiger partial charge in [-0.05, 0) is 12.1 Å². The van der Waals surface area contributed by atoms with Gasteiger partial charge in [0.2, 0.25) is 11.2 Å². The first-order chi connectivity index (χ1) is 6.02. The number of hydrogen-bond acceptors (Lipinski definition) is 4. The van der Waals surface area contributed by atoms with Crippen molar-refractivity contribution in [2.75, 3.05) is 0 Å². The van der Waals surface area contributed by atoms with Crippen molar-refractivity contribution in [3.63, 3.8) is 0 Å². The maximum atomic E-state index is 10.9. The fraction of sp³-hybridized carbons (Fsp3) is 0. The summed E-state index contributed by atoms with van der Waals surface area (Å²) in [6.07, 6.45) is 0. The molecule has 0 aliphatic heterocycles. The van der Waals surface area contributed by atoms with Crippen LogP contribution >= 0.6 is 0 Å². The summed E-state index contributed by atoms with van der Waals surface area (Å²) in [5, 5.41) is 26.3. The van der Waals surface area contributed by atoms with E-state index in [0.717, 1.165) is 18.2 Å². The van der Waals surface area contributed by atoms with Crippen LogP contribution in [0.2, 0.25) is 0 Å². The van der Waals surface area contributed by atoms with Gasteiger partial charge in [0.25, 0.3) is 0 Å². The molecule has 0 saturated carbocycles. The van der Waals surface area contributed by atoms with Crippen molar-refractivity contribution in [1.82, 2.24) is 0 Å². The Morgan fingerprint density at radius 1 is 1.23 bits per heavy atom. The first kappa shape index (κ1) is 9.05. The molecule has 0 spiro atoms. The summed E-state index contributed by atoms with van der Waals surface area (Å²) < 4.78 is 0. The predicted octanol–water partition coefficient (Wildman–Crippen LogP) is 0.156. The van der Waals surface area contributed by atoms with Gasteiger partial charge in [0.15, 0.2) is 5.75 Å². The lowest BCUT2D eigenvalue weighted by Gasteiger charge is -1.84. The summed E-state index contributed by atoms with van der Waals surface area (Å²) in [6.45, 7) is 0. The first-order valence-electron chi connectivity index (χ1n) is 3.32. The molecule has 0 heterocycles. The number of carboxylic acid groups (broad SMARTS) is 1. The van der Waals surface area contributed by atoms with Gasteiger partial charge in [0.05, 0.1) is 5.56 Å². The quantitative estimate of drug-likeness (QED) is 0.574. The van der Waals surface area contributed by atoms with Crippen LogP contribution in [-0.4, -0.2) is 21.3 Å². The fourth-order valence-electron chi connectivity index (χ4n) is 0.765. The molecule has 1 rings (SSSR count). The lowest BCUT2D eigenvalue weighted by molar-refractivity contribution is 0.0697. The molecule has 0 saturated heterocycles. The second-order valence-electron chi connectivity index (χ2n) is 2.34. The highest BCUT2D eigenvalue weighted by molar-refractivity contribution is 5.87. The Morgan fingerprint density at radius 2 is 1.85 bits per heavy atom. The molecule has 0 fully saturated rings. The van der Waals surface area contributed by atoms with E-state index in [4.69, 9.17) is 15.3 Å². The van der Waals surface area contributed by atoms with Crippen LogP contribution < -0.4 is 5.43 Å². The van der Waals surface area contributed by atoms with Gasteiger partial charge in [-0.25, -0.2) is 4.79 Å². The zero-order valence-electron chi connectivity index (χ0n) is 6.39. The van der Waals surface area contributed by atoms with E-state index in [1.165, 1.54) is 0 Å². The summed E-state index contributed by atoms with van der Waals surface area (Å²) in [6, 6.07) is 2.70. The third-order valence-electron chi connectivity index (χ3n) is 1.43. The molecule has 1 aromatic rings. The van der Waals surface area contributed by atoms with Crippen LogP contribution in [0.5, 0.6) is 11.5 Å². The zero-order valence-corrected chi connectivity index (χ0v) is 6.39. The average molecular weight is 182 g/mol. The topological polar surface area (TPSA) is 94.8 Å². The number of aromatic hydroxyl groups is 2. The number of hydrogen-bond donors (Lipinski definition) is 3. The van der Waals surface area contributed by atoms with E-state index in [2.05, 4.69) is 0 Å². The Labute approximate surface area is 72.5 Å². The Kier molecular flexibility index (Phi) is 2.19. The second kappa shape index (κ2) is 3.14. The van der Waals surface area contributed by atoms with E-state index >= 15 is 0 Å². The molecule has 5 nitrogen and oxygen atoms in total. The highest BCUT2D eigenvalue weighted by Gasteiger charge is 2.06. The molecular formula is C8H6O5. The first-order valence-corrected chi connectivity index (χ1v) is 3.32. The minimum absolute atomic E-state index is 0.291. The molecule has 0 amide bonds. The maximum absolute atomic E-state index is 10.9. The lowest BCUT2D eigenvalue weighted by atomic mass is 10.3. The Hall–Kier alpha value is -2.04. The molecule has 3 N–H and O–H groups in total. The molecule has 68 valence electrons. The van der Waals surface area contributed by atoms with Crippen LogP contribution in [0.3, 0.4) is 0 Å². The van der Waals surface area contributed by atoms with Crippen LogP contribution in [0.1, 0.15) is 10.4 Å². The van der Waals surface area contributed by atoms with E-state index in [-0.39, 0.29) is 5.56 Å². The van der Waals surface area contributed by atoms with Crippen molar-refractivity contribution in [3.8, 4) is 11.5 Å². The smallest absolute Gasteiger partial charge is 0.335 e. The lowest BCUT2D eigenvalue weighted by Crippen LogP contribution is -2.00. The summed E-state index contributed by atoms with van der Waals surface area (Å²) in [4.78, 5) is 21.3. The number of carbonyl (C=O) groups is 1. The van der Waals surface area contributed by atoms with E-state index in [0.29, 0.717) is 0 Å². The fourth-order valence-corrected chi connectivity index (χ4v) is 0.765. The van der Waals surface area contributed by atoms with Crippen molar-refractivity contribution in [1.29, 1.82) is 0 Å². The van der Waals surface area contributed by atoms with Crippen molar-refractivity contribution in [2.45, 2.75) is 0 Å². The third-order valence-corrected chi connectivity index (χ3v) is 1.43. The zero-order chi connectivity index (χ0) is 10.0. The Morgan fingerprint density at radius 3 is 2.38 bits per heavy atom. The van der Waals surface area contributed by atoms with Crippen molar-refractivity contribution < 1.29 is 20.1 Å². The van der Waals surface area contributed by atoms with Crippen LogP contribution in [0.25, 0.3) is 0 Å². The normalized spacial score (nSPS) is 9.54. The van der Waals surface area contributed by atoms with E-state index in [1.54, 1.807) is 0 Å². The van der Waals surface area contributed by atoms with Gasteiger partial charge in [-0.2, -0.15) is 0 Å². The van der Waals surface area contributed by atoms with Gasteiger partial charge >= 0.3 is 5.97 Å². The third kappa shape index (κ3) is 1.76. The van der Waals surface area contributed by atoms with Crippen molar-refractivity contribution in [2.24, 2.45) is 0 Å². The number of rotatable bonds is 1. The van der Waals surface area contributed by atoms with Crippen LogP contribution in [0, 0.1) is 0 Å². The van der Waals surface area contributed by atoms with Gasteiger partial charge in [-0.3, -0.25) is 4.79 Å². The monoisotopic (exact) mass is 182 g/mol. The van der Waals surface area contributed by atoms with Gasteiger partial charge in [0.1, 0.15) is 0 Å². The van der Waals surface area contributed by atoms with Gasteiger partial charge in [-0.15, -0.1) is 0 Å². The van der Waals surface area contributed by atoms with Crippen molar-refractivity contribution in [3.05, 3.63) is 34.0 Å². The van der Waals surface area contributed by atoms with Gasteiger partial charge < -0.3 is 15.3 Å². The molecule has 1 aromatic carbocycles. The number of carboxylic acids is 1. The maximum Gasteiger partial charge on any atom is 0.335 e. The average Bonchev–Trinajstić information content (AvgIpc) is 2.19. The number of aromatic carboxylic acids is 1. The predicted molar refractivity (Wildman–Crippen MR) is 43.0 cm³/mol. The van der Waals surface area contributed by atoms with Crippen molar-refractivity contribution >= 4 is 5.97 Å². The van der Waals surface area contributed by atoms with Gasteiger partial charge in [0, 0.05) is 6.07 Å². The standard InChI is InChI=1S/C8H6O5/c9-5-2-1-4(8(12)13)3-6(10)7(5)11/h1-3H,(H,12,13)(H2,9,10,11). The van der Waals surface area contributed by atoms with E-state index in [9.17, 15) is 9.59 Å². The minimum Gasteiger partial charge on any atom is -0.504 e. The minimum atomic E-state index is -1.30. The molecule has 0 radical (unpaired) electrons. The summed E-state index contributed by atoms with van der Waals surface area (Å²) >= 11 is 0. The summed E-state index contributed by atoms with van der Waals surface area (Å²) in [5.74, 6) is -2.79. The Bertz CT molecular complexity index is 410. The highest BCUT2D eigenvalue weighted by Crippen LogP contribution is 2.17. The molecule has 0 unspecified atom stereocenters. The molecule has 0 aliphatic carbocycles. The largest absolute Gasteiger partial charge is 0.504 e. The summed E-state index contributed by atoms with van der Waals surface area (Å²) in [7, 11) is 0. The second-order valence-corrected chi connectivity index (χ2v) is 2.34. The SMILES string of the molecule is O=C(O)c1ccc(O)c(O)c(=O)c1. The van der Waals surface area contributed by atoms with E-state index < -0.39 is 22.9 Å².